The number of sulfonamides is 1. The fourth-order valence-electron chi connectivity index (χ4n) is 4.76. The van der Waals surface area contributed by atoms with Crippen molar-refractivity contribution >= 4 is 38.7 Å². The van der Waals surface area contributed by atoms with E-state index in [1.165, 1.54) is 30.5 Å². The number of ether oxygens (including phenoxy) is 1. The van der Waals surface area contributed by atoms with Gasteiger partial charge in [0.2, 0.25) is 21.8 Å². The van der Waals surface area contributed by atoms with Crippen molar-refractivity contribution in [2.45, 2.75) is 48.6 Å². The van der Waals surface area contributed by atoms with E-state index in [0.717, 1.165) is 4.90 Å². The first-order valence-corrected chi connectivity index (χ1v) is 13.3. The molecule has 3 fully saturated rings. The maximum absolute atomic E-state index is 14.2. The van der Waals surface area contributed by atoms with E-state index in [4.69, 9.17) is 4.74 Å². The lowest BCUT2D eigenvalue weighted by molar-refractivity contribution is -0.131. The number of aromatic nitrogens is 1. The molecule has 1 aromatic heterocycles. The predicted octanol–water partition coefficient (Wildman–Crippen LogP) is 1.54. The summed E-state index contributed by atoms with van der Waals surface area (Å²) in [7, 11) is -3.85. The summed E-state index contributed by atoms with van der Waals surface area (Å²) < 4.78 is 46.7. The van der Waals surface area contributed by atoms with Crippen LogP contribution in [0.3, 0.4) is 0 Å². The van der Waals surface area contributed by atoms with Crippen molar-refractivity contribution in [3.8, 4) is 5.88 Å². The van der Waals surface area contributed by atoms with E-state index in [2.05, 4.69) is 21.6 Å². The van der Waals surface area contributed by atoms with Gasteiger partial charge in [0.05, 0.1) is 11.8 Å². The number of hydrogen-bond acceptors (Lipinski definition) is 7. The molecule has 0 spiro atoms. The van der Waals surface area contributed by atoms with E-state index < -0.39 is 62.6 Å². The second-order valence-corrected chi connectivity index (χ2v) is 11.5. The molecule has 2 heterocycles. The number of amides is 3. The fraction of sp³-hybridized carbons (Fsp3) is 0.417. The molecule has 1 saturated heterocycles. The lowest BCUT2D eigenvalue weighted by Crippen LogP contribution is -2.56. The summed E-state index contributed by atoms with van der Waals surface area (Å²) in [5, 5.41) is 12.4. The van der Waals surface area contributed by atoms with Gasteiger partial charge in [-0.15, -0.1) is 6.58 Å². The van der Waals surface area contributed by atoms with Crippen molar-refractivity contribution in [1.29, 1.82) is 0 Å². The highest BCUT2D eigenvalue weighted by atomic mass is 32.2. The van der Waals surface area contributed by atoms with Crippen molar-refractivity contribution in [2.24, 2.45) is 5.92 Å². The van der Waals surface area contributed by atoms with Gasteiger partial charge >= 0.3 is 6.09 Å². The third-order valence-corrected chi connectivity index (χ3v) is 8.87. The molecular formula is C24H25FN4O7S. The number of nitrogens with one attached hydrogen (secondary N) is 2. The van der Waals surface area contributed by atoms with Crippen LogP contribution >= 0.6 is 0 Å². The molecule has 37 heavy (non-hydrogen) atoms. The number of likely N-dealkylation sites (tertiary alicyclic amines) is 1. The van der Waals surface area contributed by atoms with Crippen LogP contribution in [0, 0.1) is 11.7 Å². The van der Waals surface area contributed by atoms with Gasteiger partial charge in [0, 0.05) is 29.3 Å². The van der Waals surface area contributed by atoms with Crippen LogP contribution in [0.1, 0.15) is 25.7 Å². The minimum absolute atomic E-state index is 0.0532. The lowest BCUT2D eigenvalue weighted by Gasteiger charge is -2.24. The van der Waals surface area contributed by atoms with E-state index in [-0.39, 0.29) is 30.7 Å². The average molecular weight is 533 g/mol. The molecule has 4 atom stereocenters. The summed E-state index contributed by atoms with van der Waals surface area (Å²) >= 11 is 0. The largest absolute Gasteiger partial charge is 0.472 e. The number of hydrogen-bond donors (Lipinski definition) is 3. The number of carbonyl (C=O) groups is 3. The lowest BCUT2D eigenvalue weighted by atomic mass is 10.1. The third kappa shape index (κ3) is 4.59. The fourth-order valence-corrected chi connectivity index (χ4v) is 6.12. The Balaban J connectivity index is 1.33. The highest BCUT2D eigenvalue weighted by Gasteiger charge is 2.61. The zero-order chi connectivity index (χ0) is 26.5. The molecule has 2 aliphatic carbocycles. The highest BCUT2D eigenvalue weighted by molar-refractivity contribution is 7.91. The molecule has 196 valence electrons. The summed E-state index contributed by atoms with van der Waals surface area (Å²) in [6, 6.07) is 4.70. The molecule has 5 rings (SSSR count). The zero-order valence-corrected chi connectivity index (χ0v) is 20.4. The van der Waals surface area contributed by atoms with E-state index in [0.29, 0.717) is 18.2 Å². The average Bonchev–Trinajstić information content (AvgIpc) is 3.77. The number of nitrogens with zero attached hydrogens (tertiary/aromatic N) is 2. The van der Waals surface area contributed by atoms with Crippen LogP contribution in [-0.4, -0.2) is 70.8 Å². The van der Waals surface area contributed by atoms with Crippen molar-refractivity contribution < 1.29 is 37.0 Å². The zero-order valence-electron chi connectivity index (χ0n) is 19.6. The third-order valence-electron chi connectivity index (χ3n) is 7.05. The summed E-state index contributed by atoms with van der Waals surface area (Å²) in [6.45, 7) is 3.48. The number of benzene rings is 1. The molecule has 1 aliphatic heterocycles. The Morgan fingerprint density at radius 2 is 2.00 bits per heavy atom. The van der Waals surface area contributed by atoms with Crippen LogP contribution in [0.5, 0.6) is 5.88 Å². The number of halogens is 1. The van der Waals surface area contributed by atoms with Gasteiger partial charge in [-0.3, -0.25) is 19.2 Å². The van der Waals surface area contributed by atoms with Crippen molar-refractivity contribution in [2.75, 3.05) is 6.54 Å². The quantitative estimate of drug-likeness (QED) is 0.433. The second kappa shape index (κ2) is 8.98. The van der Waals surface area contributed by atoms with Gasteiger partial charge in [0.25, 0.3) is 5.91 Å². The summed E-state index contributed by atoms with van der Waals surface area (Å²) in [6.07, 6.45) is 1.68. The van der Waals surface area contributed by atoms with Gasteiger partial charge in [0.1, 0.15) is 23.5 Å². The molecule has 13 heteroatoms. The smallest absolute Gasteiger partial charge is 0.408 e. The van der Waals surface area contributed by atoms with E-state index in [9.17, 15) is 32.3 Å². The number of carbonyl (C=O) groups excluding carboxylic acids is 2. The summed E-state index contributed by atoms with van der Waals surface area (Å²) in [5.41, 5.74) is -1.53. The maximum atomic E-state index is 14.2. The van der Waals surface area contributed by atoms with Crippen molar-refractivity contribution in [3.63, 3.8) is 0 Å². The normalized spacial score (nSPS) is 26.9. The maximum Gasteiger partial charge on any atom is 0.408 e. The van der Waals surface area contributed by atoms with Gasteiger partial charge in [-0.25, -0.2) is 22.6 Å². The van der Waals surface area contributed by atoms with Crippen LogP contribution in [-0.2, 0) is 19.6 Å². The molecular weight excluding hydrogens is 507 g/mol. The van der Waals surface area contributed by atoms with Crippen LogP contribution in [0.15, 0.2) is 43.1 Å². The molecule has 3 N–H and O–H groups in total. The topological polar surface area (TPSA) is 155 Å². The van der Waals surface area contributed by atoms with Gasteiger partial charge in [-0.1, -0.05) is 12.1 Å². The van der Waals surface area contributed by atoms with Gasteiger partial charge in [-0.05, 0) is 37.5 Å². The molecule has 4 unspecified atom stereocenters. The number of rotatable bonds is 8. The standard InChI is InChI=1S/C24H25FN4O7S/c1-2-13-11-24(13,22(31)28-37(34,35)15-6-7-15)27-20(30)19-10-14(12-29(19)23(32)33)36-21-17-4-3-5-18(25)16(17)8-9-26-21/h2-5,8-9,13-15,19H,1,6-7,10-12H2,(H,27,30)(H,28,31)(H,32,33). The Kier molecular flexibility index (Phi) is 6.05. The first-order valence-electron chi connectivity index (χ1n) is 11.8. The number of carboxylic acid groups (broad SMARTS) is 1. The molecule has 1 aromatic carbocycles. The van der Waals surface area contributed by atoms with E-state index in [1.54, 1.807) is 6.07 Å². The molecule has 3 amide bonds. The summed E-state index contributed by atoms with van der Waals surface area (Å²) in [5.74, 6) is -2.49. The Bertz CT molecular complexity index is 1410. The van der Waals surface area contributed by atoms with Crippen molar-refractivity contribution in [3.05, 3.63) is 48.9 Å². The summed E-state index contributed by atoms with van der Waals surface area (Å²) in [4.78, 5) is 43.1. The van der Waals surface area contributed by atoms with Gasteiger partial charge in [0.15, 0.2) is 0 Å². The minimum atomic E-state index is -3.85. The van der Waals surface area contributed by atoms with Gasteiger partial charge < -0.3 is 15.2 Å². The minimum Gasteiger partial charge on any atom is -0.472 e. The van der Waals surface area contributed by atoms with E-state index >= 15 is 0 Å². The monoisotopic (exact) mass is 532 g/mol. The molecule has 0 bridgehead atoms. The Morgan fingerprint density at radius 3 is 2.65 bits per heavy atom. The van der Waals surface area contributed by atoms with E-state index in [1.807, 2.05) is 0 Å². The second-order valence-electron chi connectivity index (χ2n) is 9.56. The Hall–Kier alpha value is -3.74. The SMILES string of the molecule is C=CC1CC1(NC(=O)C1CC(Oc2nccc3c(F)cccc23)CN1C(=O)O)C(=O)NS(=O)(=O)C1CC1. The first-order chi connectivity index (χ1) is 17.6. The van der Waals surface area contributed by atoms with Crippen LogP contribution in [0.25, 0.3) is 10.8 Å². The van der Waals surface area contributed by atoms with Crippen LogP contribution < -0.4 is 14.8 Å². The highest BCUT2D eigenvalue weighted by Crippen LogP contribution is 2.45. The van der Waals surface area contributed by atoms with Gasteiger partial charge in [-0.2, -0.15) is 0 Å². The van der Waals surface area contributed by atoms with Crippen LogP contribution in [0.2, 0.25) is 0 Å². The first kappa shape index (κ1) is 24.9. The molecule has 2 saturated carbocycles. The number of pyridine rings is 1. The Morgan fingerprint density at radius 1 is 1.24 bits per heavy atom. The molecule has 11 nitrogen and oxygen atoms in total. The molecule has 3 aliphatic rings. The predicted molar refractivity (Wildman–Crippen MR) is 129 cm³/mol. The molecule has 0 radical (unpaired) electrons. The number of fused-ring (bicyclic) bond motifs is 1. The molecule has 2 aromatic rings. The van der Waals surface area contributed by atoms with Crippen molar-refractivity contribution in [1.82, 2.24) is 19.9 Å². The Labute approximate surface area is 211 Å². The van der Waals surface area contributed by atoms with Crippen LogP contribution in [0.4, 0.5) is 9.18 Å².